The fourth-order valence-electron chi connectivity index (χ4n) is 3.40. The Labute approximate surface area is 205 Å². The van der Waals surface area contributed by atoms with E-state index in [0.717, 1.165) is 11.3 Å². The van der Waals surface area contributed by atoms with Crippen molar-refractivity contribution in [3.05, 3.63) is 65.4 Å². The van der Waals surface area contributed by atoms with Crippen LogP contribution in [0.3, 0.4) is 0 Å². The lowest BCUT2D eigenvalue weighted by Gasteiger charge is -2.35. The van der Waals surface area contributed by atoms with Gasteiger partial charge in [0.1, 0.15) is 5.75 Å². The van der Waals surface area contributed by atoms with Crippen LogP contribution in [0.4, 0.5) is 16.2 Å². The number of esters is 1. The number of thiocarbonyl (C=S) groups is 1. The van der Waals surface area contributed by atoms with Crippen molar-refractivity contribution in [1.82, 2.24) is 10.2 Å². The highest BCUT2D eigenvalue weighted by Gasteiger charge is 2.33. The van der Waals surface area contributed by atoms with Crippen molar-refractivity contribution in [3.8, 4) is 5.75 Å². The third-order valence-corrected chi connectivity index (χ3v) is 5.76. The highest BCUT2D eigenvalue weighted by molar-refractivity contribution is 7.80. The lowest BCUT2D eigenvalue weighted by molar-refractivity contribution is -0.140. The summed E-state index contributed by atoms with van der Waals surface area (Å²) in [6.45, 7) is 6.17. The van der Waals surface area contributed by atoms with Crippen molar-refractivity contribution in [2.45, 2.75) is 26.8 Å². The fraction of sp³-hybridized carbons (Fsp3) is 0.320. The van der Waals surface area contributed by atoms with Gasteiger partial charge in [-0.25, -0.2) is 9.59 Å². The summed E-state index contributed by atoms with van der Waals surface area (Å²) in [6, 6.07) is 13.5. The number of allylic oxidation sites excluding steroid dienone is 1. The summed E-state index contributed by atoms with van der Waals surface area (Å²) in [5.41, 5.74) is 3.32. The Hall–Kier alpha value is -3.59. The van der Waals surface area contributed by atoms with E-state index in [1.807, 2.05) is 40.0 Å². The zero-order valence-electron chi connectivity index (χ0n) is 20.0. The van der Waals surface area contributed by atoms with Gasteiger partial charge in [0.2, 0.25) is 0 Å². The Morgan fingerprint density at radius 1 is 1.06 bits per heavy atom. The maximum absolute atomic E-state index is 12.9. The predicted octanol–water partition coefficient (Wildman–Crippen LogP) is 4.67. The number of nitrogens with zero attached hydrogens (tertiary/aromatic N) is 1. The first kappa shape index (κ1) is 25.0. The van der Waals surface area contributed by atoms with E-state index in [1.54, 1.807) is 48.4 Å². The Bertz CT molecular complexity index is 1080. The Morgan fingerprint density at radius 2 is 1.62 bits per heavy atom. The maximum Gasteiger partial charge on any atom is 0.338 e. The minimum atomic E-state index is -0.453. The standard InChI is InChI=1S/C25H30N4O4S/c1-15(2)14-33-23(30)21-16(3)29(4)25(34)28-22(21)17-6-8-18(9-7-17)26-24(31)27-19-10-12-20(32-5)13-11-19/h6-13,15,22H,14H2,1-5H3,(H,28,34)(H2,26,27,31). The van der Waals surface area contributed by atoms with Gasteiger partial charge >= 0.3 is 12.0 Å². The second-order valence-corrected chi connectivity index (χ2v) is 8.75. The number of anilines is 2. The second kappa shape index (κ2) is 11.0. The summed E-state index contributed by atoms with van der Waals surface area (Å²) in [5, 5.41) is 9.31. The monoisotopic (exact) mass is 482 g/mol. The molecule has 34 heavy (non-hydrogen) atoms. The molecule has 0 radical (unpaired) electrons. The first-order valence-electron chi connectivity index (χ1n) is 10.9. The van der Waals surface area contributed by atoms with Crippen LogP contribution in [0.1, 0.15) is 32.4 Å². The van der Waals surface area contributed by atoms with Crippen molar-refractivity contribution in [1.29, 1.82) is 0 Å². The molecule has 0 aromatic heterocycles. The minimum Gasteiger partial charge on any atom is -0.497 e. The van der Waals surface area contributed by atoms with Gasteiger partial charge in [-0.05, 0) is 67.0 Å². The molecule has 1 aliphatic heterocycles. The maximum atomic E-state index is 12.9. The number of methoxy groups -OCH3 is 1. The lowest BCUT2D eigenvalue weighted by Crippen LogP contribution is -2.46. The lowest BCUT2D eigenvalue weighted by atomic mass is 9.95. The molecule has 0 saturated carbocycles. The first-order chi connectivity index (χ1) is 16.2. The van der Waals surface area contributed by atoms with Crippen molar-refractivity contribution in [2.75, 3.05) is 31.4 Å². The molecule has 3 rings (SSSR count). The summed E-state index contributed by atoms with van der Waals surface area (Å²) in [5.74, 6) is 0.562. The molecule has 3 N–H and O–H groups in total. The van der Waals surface area contributed by atoms with Gasteiger partial charge in [0.25, 0.3) is 0 Å². The molecule has 2 amide bonds. The van der Waals surface area contributed by atoms with Crippen molar-refractivity contribution in [2.24, 2.45) is 5.92 Å². The van der Waals surface area contributed by atoms with Gasteiger partial charge in [-0.2, -0.15) is 0 Å². The highest BCUT2D eigenvalue weighted by Crippen LogP contribution is 2.31. The van der Waals surface area contributed by atoms with Crippen LogP contribution in [-0.2, 0) is 9.53 Å². The van der Waals surface area contributed by atoms with Gasteiger partial charge in [0.05, 0.1) is 25.3 Å². The predicted molar refractivity (Wildman–Crippen MR) is 137 cm³/mol. The Balaban J connectivity index is 1.73. The quantitative estimate of drug-likeness (QED) is 0.390. The molecular formula is C25H30N4O4S. The number of hydrogen-bond acceptors (Lipinski definition) is 5. The van der Waals surface area contributed by atoms with Crippen molar-refractivity contribution in [3.63, 3.8) is 0 Å². The summed E-state index contributed by atoms with van der Waals surface area (Å²) in [4.78, 5) is 27.0. The number of ether oxygens (including phenoxy) is 2. The number of rotatable bonds is 7. The fourth-order valence-corrected chi connectivity index (χ4v) is 3.65. The normalized spacial score (nSPS) is 15.6. The van der Waals surface area contributed by atoms with Crippen molar-refractivity contribution >= 4 is 40.7 Å². The van der Waals surface area contributed by atoms with Crippen LogP contribution in [-0.4, -0.2) is 42.8 Å². The average Bonchev–Trinajstić information content (AvgIpc) is 2.81. The van der Waals surface area contributed by atoms with Crippen LogP contribution in [0.2, 0.25) is 0 Å². The van der Waals surface area contributed by atoms with E-state index in [9.17, 15) is 9.59 Å². The van der Waals surface area contributed by atoms with Gasteiger partial charge in [0, 0.05) is 24.1 Å². The molecule has 8 nitrogen and oxygen atoms in total. The molecule has 0 fully saturated rings. The second-order valence-electron chi connectivity index (χ2n) is 8.36. The van der Waals surface area contributed by atoms with E-state index >= 15 is 0 Å². The molecule has 0 bridgehead atoms. The van der Waals surface area contributed by atoms with E-state index < -0.39 is 6.04 Å². The van der Waals surface area contributed by atoms with Gasteiger partial charge in [-0.1, -0.05) is 26.0 Å². The van der Waals surface area contributed by atoms with Crippen LogP contribution in [0, 0.1) is 5.92 Å². The summed E-state index contributed by atoms with van der Waals surface area (Å²) >= 11 is 5.44. The molecule has 9 heteroatoms. The van der Waals surface area contributed by atoms with Crippen LogP contribution in [0.5, 0.6) is 5.75 Å². The largest absolute Gasteiger partial charge is 0.497 e. The number of amides is 2. The number of hydrogen-bond donors (Lipinski definition) is 3. The van der Waals surface area contributed by atoms with Gasteiger partial charge in [-0.15, -0.1) is 0 Å². The molecule has 1 unspecified atom stereocenters. The molecule has 0 saturated heterocycles. The zero-order chi connectivity index (χ0) is 24.8. The van der Waals surface area contributed by atoms with Crippen LogP contribution in [0.15, 0.2) is 59.8 Å². The zero-order valence-corrected chi connectivity index (χ0v) is 20.8. The summed E-state index contributed by atoms with van der Waals surface area (Å²) in [7, 11) is 3.40. The number of urea groups is 1. The Morgan fingerprint density at radius 3 is 2.15 bits per heavy atom. The molecular weight excluding hydrogens is 452 g/mol. The van der Waals surface area contributed by atoms with Crippen LogP contribution < -0.4 is 20.7 Å². The third kappa shape index (κ3) is 6.05. The van der Waals surface area contributed by atoms with E-state index in [4.69, 9.17) is 21.7 Å². The molecule has 1 atom stereocenters. The van der Waals surface area contributed by atoms with Gasteiger partial charge in [-0.3, -0.25) is 0 Å². The SMILES string of the molecule is COc1ccc(NC(=O)Nc2ccc(C3NC(=S)N(C)C(C)=C3C(=O)OCC(C)C)cc2)cc1. The van der Waals surface area contributed by atoms with Crippen LogP contribution >= 0.6 is 12.2 Å². The molecule has 0 spiro atoms. The van der Waals surface area contributed by atoms with Crippen molar-refractivity contribution < 1.29 is 19.1 Å². The van der Waals surface area contributed by atoms with E-state index in [2.05, 4.69) is 16.0 Å². The van der Waals surface area contributed by atoms with Crippen LogP contribution in [0.25, 0.3) is 0 Å². The van der Waals surface area contributed by atoms with E-state index in [0.29, 0.717) is 34.4 Å². The first-order valence-corrected chi connectivity index (χ1v) is 11.3. The molecule has 1 aliphatic rings. The minimum absolute atomic E-state index is 0.230. The molecule has 2 aromatic rings. The molecule has 180 valence electrons. The highest BCUT2D eigenvalue weighted by atomic mass is 32.1. The Kier molecular flexibility index (Phi) is 8.12. The number of benzene rings is 2. The summed E-state index contributed by atoms with van der Waals surface area (Å²) < 4.78 is 10.6. The molecule has 1 heterocycles. The van der Waals surface area contributed by atoms with E-state index in [-0.39, 0.29) is 17.9 Å². The summed E-state index contributed by atoms with van der Waals surface area (Å²) in [6.07, 6.45) is 0. The molecule has 2 aromatic carbocycles. The number of carbonyl (C=O) groups excluding carboxylic acids is 2. The smallest absolute Gasteiger partial charge is 0.338 e. The number of carbonyl (C=O) groups is 2. The van der Waals surface area contributed by atoms with Gasteiger partial charge in [0.15, 0.2) is 5.11 Å². The number of nitrogens with one attached hydrogen (secondary N) is 3. The molecule has 0 aliphatic carbocycles. The van der Waals surface area contributed by atoms with E-state index in [1.165, 1.54) is 0 Å². The van der Waals surface area contributed by atoms with Gasteiger partial charge < -0.3 is 30.3 Å². The average molecular weight is 483 g/mol. The third-order valence-electron chi connectivity index (χ3n) is 5.37. The topological polar surface area (TPSA) is 91.9 Å².